The Labute approximate surface area is 119 Å². The molecule has 0 aromatic heterocycles. The summed E-state index contributed by atoms with van der Waals surface area (Å²) < 4.78 is 0. The lowest BCUT2D eigenvalue weighted by atomic mass is 10.1. The Morgan fingerprint density at radius 1 is 1.05 bits per heavy atom. The largest absolute Gasteiger partial charge is 0.356 e. The Kier molecular flexibility index (Phi) is 4.53. The number of aryl methyl sites for hydroxylation is 1. The van der Waals surface area contributed by atoms with Gasteiger partial charge in [0.05, 0.1) is 6.04 Å². The van der Waals surface area contributed by atoms with E-state index in [1.165, 1.54) is 11.1 Å². The van der Waals surface area contributed by atoms with Gasteiger partial charge in [0.25, 0.3) is 0 Å². The Morgan fingerprint density at radius 3 is 2.47 bits per heavy atom. The molecule has 3 heteroatoms. The number of rotatable bonds is 3. The molecule has 0 spiro atoms. The molecule has 0 aliphatic rings. The van der Waals surface area contributed by atoms with Crippen LogP contribution in [0, 0.1) is 6.92 Å². The fraction of sp³-hybridized carbons (Fsp3) is 0.188. The minimum absolute atomic E-state index is 0.186. The lowest BCUT2D eigenvalue weighted by Gasteiger charge is -2.17. The van der Waals surface area contributed by atoms with Crippen LogP contribution in [-0.2, 0) is 0 Å². The normalized spacial score (nSPS) is 11.7. The van der Waals surface area contributed by atoms with E-state index in [4.69, 9.17) is 12.2 Å². The SMILES string of the molecule is Cc1cccc(NC(=S)N[C@@H](C)c2ccccc2)c1. The molecule has 0 heterocycles. The maximum absolute atomic E-state index is 5.33. The minimum Gasteiger partial charge on any atom is -0.356 e. The minimum atomic E-state index is 0.186. The molecule has 0 fully saturated rings. The highest BCUT2D eigenvalue weighted by Gasteiger charge is 2.06. The molecule has 2 aromatic rings. The molecule has 1 atom stereocenters. The fourth-order valence-corrected chi connectivity index (χ4v) is 2.21. The van der Waals surface area contributed by atoms with Crippen LogP contribution in [0.4, 0.5) is 5.69 Å². The lowest BCUT2D eigenvalue weighted by molar-refractivity contribution is 0.722. The second-order valence-electron chi connectivity index (χ2n) is 4.60. The van der Waals surface area contributed by atoms with Crippen molar-refractivity contribution in [2.75, 3.05) is 5.32 Å². The third kappa shape index (κ3) is 4.07. The number of anilines is 1. The summed E-state index contributed by atoms with van der Waals surface area (Å²) >= 11 is 5.33. The van der Waals surface area contributed by atoms with E-state index in [9.17, 15) is 0 Å². The molecule has 2 rings (SSSR count). The summed E-state index contributed by atoms with van der Waals surface area (Å²) in [6.07, 6.45) is 0. The summed E-state index contributed by atoms with van der Waals surface area (Å²) in [5.74, 6) is 0. The number of hydrogen-bond acceptors (Lipinski definition) is 1. The van der Waals surface area contributed by atoms with Gasteiger partial charge >= 0.3 is 0 Å². The first kappa shape index (κ1) is 13.6. The van der Waals surface area contributed by atoms with Crippen LogP contribution in [0.5, 0.6) is 0 Å². The number of thiocarbonyl (C=S) groups is 1. The van der Waals surface area contributed by atoms with Gasteiger partial charge in [-0.05, 0) is 49.3 Å². The third-order valence-electron chi connectivity index (χ3n) is 2.92. The number of hydrogen-bond donors (Lipinski definition) is 2. The van der Waals surface area contributed by atoms with Gasteiger partial charge in [-0.2, -0.15) is 0 Å². The van der Waals surface area contributed by atoms with Crippen molar-refractivity contribution in [3.63, 3.8) is 0 Å². The van der Waals surface area contributed by atoms with Gasteiger partial charge in [-0.1, -0.05) is 42.5 Å². The molecule has 19 heavy (non-hydrogen) atoms. The first-order valence-corrected chi connectivity index (χ1v) is 6.75. The van der Waals surface area contributed by atoms with E-state index in [0.29, 0.717) is 5.11 Å². The molecule has 0 unspecified atom stereocenters. The third-order valence-corrected chi connectivity index (χ3v) is 3.14. The molecule has 2 aromatic carbocycles. The van der Waals surface area contributed by atoms with E-state index in [2.05, 4.69) is 48.7 Å². The summed E-state index contributed by atoms with van der Waals surface area (Å²) in [6.45, 7) is 4.16. The Morgan fingerprint density at radius 2 is 1.79 bits per heavy atom. The molecule has 2 N–H and O–H groups in total. The van der Waals surface area contributed by atoms with Crippen LogP contribution in [0.3, 0.4) is 0 Å². The van der Waals surface area contributed by atoms with Crippen LogP contribution < -0.4 is 10.6 Å². The van der Waals surface area contributed by atoms with Crippen molar-refractivity contribution in [3.8, 4) is 0 Å². The summed E-state index contributed by atoms with van der Waals surface area (Å²) in [4.78, 5) is 0. The standard InChI is InChI=1S/C16H18N2S/c1-12-7-6-10-15(11-12)18-16(19)17-13(2)14-8-4-3-5-9-14/h3-11,13H,1-2H3,(H2,17,18,19)/t13-/m0/s1. The highest BCUT2D eigenvalue weighted by Crippen LogP contribution is 2.13. The highest BCUT2D eigenvalue weighted by molar-refractivity contribution is 7.80. The van der Waals surface area contributed by atoms with Gasteiger partial charge in [0.1, 0.15) is 0 Å². The lowest BCUT2D eigenvalue weighted by Crippen LogP contribution is -2.30. The molecular formula is C16H18N2S. The van der Waals surface area contributed by atoms with Crippen molar-refractivity contribution >= 4 is 23.0 Å². The second kappa shape index (κ2) is 6.34. The highest BCUT2D eigenvalue weighted by atomic mass is 32.1. The zero-order valence-corrected chi connectivity index (χ0v) is 12.0. The van der Waals surface area contributed by atoms with E-state index < -0.39 is 0 Å². The van der Waals surface area contributed by atoms with Crippen LogP contribution in [0.1, 0.15) is 24.1 Å². The molecule has 0 amide bonds. The average Bonchev–Trinajstić information content (AvgIpc) is 2.39. The fourth-order valence-electron chi connectivity index (χ4n) is 1.91. The van der Waals surface area contributed by atoms with E-state index in [-0.39, 0.29) is 6.04 Å². The second-order valence-corrected chi connectivity index (χ2v) is 5.01. The van der Waals surface area contributed by atoms with Gasteiger partial charge < -0.3 is 10.6 Å². The van der Waals surface area contributed by atoms with Crippen molar-refractivity contribution in [1.82, 2.24) is 5.32 Å². The molecule has 98 valence electrons. The Bertz CT molecular complexity index is 552. The first-order valence-electron chi connectivity index (χ1n) is 6.34. The van der Waals surface area contributed by atoms with Gasteiger partial charge in [-0.25, -0.2) is 0 Å². The van der Waals surface area contributed by atoms with E-state index in [1.54, 1.807) is 0 Å². The first-order chi connectivity index (χ1) is 9.15. The van der Waals surface area contributed by atoms with Crippen molar-refractivity contribution < 1.29 is 0 Å². The Balaban J connectivity index is 1.95. The molecule has 0 radical (unpaired) electrons. The molecular weight excluding hydrogens is 252 g/mol. The molecule has 0 saturated carbocycles. The molecule has 0 saturated heterocycles. The van der Waals surface area contributed by atoms with Crippen LogP contribution >= 0.6 is 12.2 Å². The van der Waals surface area contributed by atoms with Crippen LogP contribution in [0.25, 0.3) is 0 Å². The van der Waals surface area contributed by atoms with Crippen molar-refractivity contribution in [2.24, 2.45) is 0 Å². The summed E-state index contributed by atoms with van der Waals surface area (Å²) in [5, 5.41) is 7.13. The van der Waals surface area contributed by atoms with Gasteiger partial charge in [0.2, 0.25) is 0 Å². The molecule has 0 bridgehead atoms. The van der Waals surface area contributed by atoms with E-state index >= 15 is 0 Å². The van der Waals surface area contributed by atoms with Crippen molar-refractivity contribution in [2.45, 2.75) is 19.9 Å². The summed E-state index contributed by atoms with van der Waals surface area (Å²) in [5.41, 5.74) is 3.44. The molecule has 0 aliphatic carbocycles. The van der Waals surface area contributed by atoms with E-state index in [1.807, 2.05) is 30.3 Å². The monoisotopic (exact) mass is 270 g/mol. The van der Waals surface area contributed by atoms with Gasteiger partial charge in [-0.3, -0.25) is 0 Å². The zero-order valence-electron chi connectivity index (χ0n) is 11.2. The predicted octanol–water partition coefficient (Wildman–Crippen LogP) is 4.04. The average molecular weight is 270 g/mol. The molecule has 0 aliphatic heterocycles. The molecule has 2 nitrogen and oxygen atoms in total. The number of nitrogens with one attached hydrogen (secondary N) is 2. The van der Waals surface area contributed by atoms with Gasteiger partial charge in [-0.15, -0.1) is 0 Å². The van der Waals surface area contributed by atoms with Crippen LogP contribution in [0.2, 0.25) is 0 Å². The van der Waals surface area contributed by atoms with Crippen LogP contribution in [0.15, 0.2) is 54.6 Å². The van der Waals surface area contributed by atoms with Gasteiger partial charge in [0.15, 0.2) is 5.11 Å². The predicted molar refractivity (Wildman–Crippen MR) is 85.4 cm³/mol. The van der Waals surface area contributed by atoms with Gasteiger partial charge in [0, 0.05) is 5.69 Å². The summed E-state index contributed by atoms with van der Waals surface area (Å²) in [7, 11) is 0. The zero-order chi connectivity index (χ0) is 13.7. The van der Waals surface area contributed by atoms with Crippen LogP contribution in [-0.4, -0.2) is 5.11 Å². The smallest absolute Gasteiger partial charge is 0.171 e. The maximum atomic E-state index is 5.33. The van der Waals surface area contributed by atoms with E-state index in [0.717, 1.165) is 5.69 Å². The maximum Gasteiger partial charge on any atom is 0.171 e. The number of benzene rings is 2. The Hall–Kier alpha value is -1.87. The van der Waals surface area contributed by atoms with Crippen molar-refractivity contribution in [1.29, 1.82) is 0 Å². The van der Waals surface area contributed by atoms with Crippen molar-refractivity contribution in [3.05, 3.63) is 65.7 Å². The topological polar surface area (TPSA) is 24.1 Å². The quantitative estimate of drug-likeness (QED) is 0.823. The summed E-state index contributed by atoms with van der Waals surface area (Å²) in [6, 6.07) is 18.6.